The summed E-state index contributed by atoms with van der Waals surface area (Å²) in [6.45, 7) is 4.28. The smallest absolute Gasteiger partial charge is 0.138 e. The zero-order valence-electron chi connectivity index (χ0n) is 10.5. The summed E-state index contributed by atoms with van der Waals surface area (Å²) in [5, 5.41) is 4.00. The van der Waals surface area contributed by atoms with Crippen molar-refractivity contribution in [2.75, 3.05) is 20.2 Å². The van der Waals surface area contributed by atoms with Gasteiger partial charge in [0.2, 0.25) is 0 Å². The van der Waals surface area contributed by atoms with E-state index in [1.807, 2.05) is 18.2 Å². The quantitative estimate of drug-likeness (QED) is 0.748. The minimum atomic E-state index is 0.647. The van der Waals surface area contributed by atoms with Gasteiger partial charge in [-0.2, -0.15) is 0 Å². The highest BCUT2D eigenvalue weighted by Crippen LogP contribution is 2.25. The number of rotatable bonds is 7. The molecule has 1 aromatic rings. The summed E-state index contributed by atoms with van der Waals surface area (Å²) in [5.41, 5.74) is 1.11. The van der Waals surface area contributed by atoms with Gasteiger partial charge in [-0.25, -0.2) is 0 Å². The molecular formula is C14H20ClNO. The van der Waals surface area contributed by atoms with E-state index >= 15 is 0 Å². The second-order valence-electron chi connectivity index (χ2n) is 3.84. The van der Waals surface area contributed by atoms with Gasteiger partial charge >= 0.3 is 0 Å². The Balaban J connectivity index is 2.42. The van der Waals surface area contributed by atoms with Crippen LogP contribution in [0.15, 0.2) is 24.3 Å². The number of halogens is 1. The zero-order chi connectivity index (χ0) is 12.5. The van der Waals surface area contributed by atoms with Crippen LogP contribution in [0, 0.1) is 0 Å². The standard InChI is InChI=1S/C14H20ClNO/c1-3-9-16-10-5-4-6-12-7-8-13(15)14(11-12)17-2/h4,6-8,11,16H,3,5,9-10H2,1-2H3. The fourth-order valence-electron chi connectivity index (χ4n) is 1.49. The summed E-state index contributed by atoms with van der Waals surface area (Å²) in [6.07, 6.45) is 6.46. The predicted molar refractivity (Wildman–Crippen MR) is 74.8 cm³/mol. The molecule has 0 bridgehead atoms. The van der Waals surface area contributed by atoms with Crippen LogP contribution in [0.4, 0.5) is 0 Å². The molecule has 0 radical (unpaired) electrons. The monoisotopic (exact) mass is 253 g/mol. The van der Waals surface area contributed by atoms with Gasteiger partial charge in [0.25, 0.3) is 0 Å². The average molecular weight is 254 g/mol. The lowest BCUT2D eigenvalue weighted by atomic mass is 10.2. The van der Waals surface area contributed by atoms with Gasteiger partial charge in [0.15, 0.2) is 0 Å². The summed E-state index contributed by atoms with van der Waals surface area (Å²) in [5.74, 6) is 0.720. The first-order valence-corrected chi connectivity index (χ1v) is 6.36. The van der Waals surface area contributed by atoms with Crippen molar-refractivity contribution >= 4 is 17.7 Å². The predicted octanol–water partition coefficient (Wildman–Crippen LogP) is 3.75. The second kappa shape index (κ2) is 8.15. The van der Waals surface area contributed by atoms with Crippen LogP contribution in [0.2, 0.25) is 5.02 Å². The Bertz CT molecular complexity index is 363. The fourth-order valence-corrected chi connectivity index (χ4v) is 1.68. The summed E-state index contributed by atoms with van der Waals surface area (Å²) < 4.78 is 5.17. The summed E-state index contributed by atoms with van der Waals surface area (Å²) in [4.78, 5) is 0. The van der Waals surface area contributed by atoms with E-state index in [0.717, 1.165) is 30.8 Å². The van der Waals surface area contributed by atoms with Crippen LogP contribution in [-0.4, -0.2) is 20.2 Å². The molecule has 3 heteroatoms. The summed E-state index contributed by atoms with van der Waals surface area (Å²) in [7, 11) is 1.63. The minimum absolute atomic E-state index is 0.647. The molecule has 0 fully saturated rings. The van der Waals surface area contributed by atoms with Crippen LogP contribution in [0.25, 0.3) is 6.08 Å². The molecule has 0 aliphatic rings. The van der Waals surface area contributed by atoms with Gasteiger partial charge in [-0.1, -0.05) is 36.7 Å². The Kier molecular flexibility index (Phi) is 6.75. The van der Waals surface area contributed by atoms with E-state index in [1.165, 1.54) is 6.42 Å². The molecular weight excluding hydrogens is 234 g/mol. The van der Waals surface area contributed by atoms with Gasteiger partial charge in [0, 0.05) is 0 Å². The van der Waals surface area contributed by atoms with E-state index in [-0.39, 0.29) is 0 Å². The maximum absolute atomic E-state index is 5.96. The van der Waals surface area contributed by atoms with Crippen molar-refractivity contribution in [1.82, 2.24) is 5.32 Å². The van der Waals surface area contributed by atoms with Gasteiger partial charge in [0.1, 0.15) is 5.75 Å². The summed E-state index contributed by atoms with van der Waals surface area (Å²) in [6, 6.07) is 5.79. The van der Waals surface area contributed by atoms with Gasteiger partial charge in [0.05, 0.1) is 12.1 Å². The third-order valence-corrected chi connectivity index (χ3v) is 2.71. The van der Waals surface area contributed by atoms with Crippen molar-refractivity contribution in [3.63, 3.8) is 0 Å². The number of methoxy groups -OCH3 is 1. The molecule has 0 saturated carbocycles. The van der Waals surface area contributed by atoms with Gasteiger partial charge in [-0.3, -0.25) is 0 Å². The fraction of sp³-hybridized carbons (Fsp3) is 0.429. The van der Waals surface area contributed by atoms with Gasteiger partial charge in [-0.15, -0.1) is 0 Å². The number of ether oxygens (including phenoxy) is 1. The molecule has 0 saturated heterocycles. The van der Waals surface area contributed by atoms with E-state index < -0.39 is 0 Å². The van der Waals surface area contributed by atoms with E-state index in [1.54, 1.807) is 7.11 Å². The number of hydrogen-bond donors (Lipinski definition) is 1. The molecule has 0 spiro atoms. The Morgan fingerprint density at radius 2 is 2.18 bits per heavy atom. The second-order valence-corrected chi connectivity index (χ2v) is 4.24. The molecule has 0 aromatic heterocycles. The van der Waals surface area contributed by atoms with Crippen LogP contribution in [0.5, 0.6) is 5.75 Å². The maximum atomic E-state index is 5.96. The van der Waals surface area contributed by atoms with Crippen molar-refractivity contribution in [2.24, 2.45) is 0 Å². The number of nitrogens with one attached hydrogen (secondary N) is 1. The largest absolute Gasteiger partial charge is 0.495 e. The van der Waals surface area contributed by atoms with Crippen molar-refractivity contribution in [1.29, 1.82) is 0 Å². The van der Waals surface area contributed by atoms with Crippen molar-refractivity contribution < 1.29 is 4.74 Å². The first kappa shape index (κ1) is 14.1. The number of hydrogen-bond acceptors (Lipinski definition) is 2. The van der Waals surface area contributed by atoms with Crippen LogP contribution >= 0.6 is 11.6 Å². The normalized spacial score (nSPS) is 11.0. The summed E-state index contributed by atoms with van der Waals surface area (Å²) >= 11 is 5.96. The van der Waals surface area contributed by atoms with E-state index in [4.69, 9.17) is 16.3 Å². The van der Waals surface area contributed by atoms with Crippen molar-refractivity contribution in [2.45, 2.75) is 19.8 Å². The topological polar surface area (TPSA) is 21.3 Å². The highest BCUT2D eigenvalue weighted by atomic mass is 35.5. The molecule has 0 amide bonds. The molecule has 0 heterocycles. The lowest BCUT2D eigenvalue weighted by molar-refractivity contribution is 0.415. The minimum Gasteiger partial charge on any atom is -0.495 e. The van der Waals surface area contributed by atoms with Crippen LogP contribution in [0.1, 0.15) is 25.3 Å². The van der Waals surface area contributed by atoms with E-state index in [0.29, 0.717) is 5.02 Å². The third-order valence-electron chi connectivity index (χ3n) is 2.40. The van der Waals surface area contributed by atoms with Crippen LogP contribution in [0.3, 0.4) is 0 Å². The molecule has 17 heavy (non-hydrogen) atoms. The van der Waals surface area contributed by atoms with Crippen molar-refractivity contribution in [3.05, 3.63) is 34.9 Å². The lowest BCUT2D eigenvalue weighted by Gasteiger charge is -2.03. The molecule has 1 aromatic carbocycles. The Labute approximate surface area is 109 Å². The highest BCUT2D eigenvalue weighted by molar-refractivity contribution is 6.32. The molecule has 1 rings (SSSR count). The molecule has 0 aliphatic carbocycles. The average Bonchev–Trinajstić information content (AvgIpc) is 2.35. The van der Waals surface area contributed by atoms with Gasteiger partial charge < -0.3 is 10.1 Å². The SMILES string of the molecule is CCCNCCC=Cc1ccc(Cl)c(OC)c1. The lowest BCUT2D eigenvalue weighted by Crippen LogP contribution is -2.14. The molecule has 1 N–H and O–H groups in total. The third kappa shape index (κ3) is 5.24. The highest BCUT2D eigenvalue weighted by Gasteiger charge is 1.99. The Hall–Kier alpha value is -0.990. The van der Waals surface area contributed by atoms with Crippen LogP contribution < -0.4 is 10.1 Å². The molecule has 0 atom stereocenters. The maximum Gasteiger partial charge on any atom is 0.138 e. The van der Waals surface area contributed by atoms with Crippen molar-refractivity contribution in [3.8, 4) is 5.75 Å². The van der Waals surface area contributed by atoms with E-state index in [9.17, 15) is 0 Å². The van der Waals surface area contributed by atoms with E-state index in [2.05, 4.69) is 24.4 Å². The number of benzene rings is 1. The molecule has 2 nitrogen and oxygen atoms in total. The Morgan fingerprint density at radius 1 is 1.35 bits per heavy atom. The van der Waals surface area contributed by atoms with Gasteiger partial charge in [-0.05, 0) is 43.6 Å². The molecule has 94 valence electrons. The Morgan fingerprint density at radius 3 is 2.88 bits per heavy atom. The molecule has 0 unspecified atom stereocenters. The first-order valence-electron chi connectivity index (χ1n) is 5.98. The first-order chi connectivity index (χ1) is 8.27. The zero-order valence-corrected chi connectivity index (χ0v) is 11.3. The molecule has 0 aliphatic heterocycles. The van der Waals surface area contributed by atoms with Crippen LogP contribution in [-0.2, 0) is 0 Å².